The van der Waals surface area contributed by atoms with Gasteiger partial charge in [-0.15, -0.1) is 11.3 Å². The van der Waals surface area contributed by atoms with E-state index in [2.05, 4.69) is 29.4 Å². The Morgan fingerprint density at radius 1 is 1.35 bits per heavy atom. The third kappa shape index (κ3) is 3.20. The maximum atomic E-state index is 5.88. The lowest BCUT2D eigenvalue weighted by Crippen LogP contribution is -1.98. The Morgan fingerprint density at radius 3 is 2.76 bits per heavy atom. The van der Waals surface area contributed by atoms with Crippen molar-refractivity contribution in [2.24, 2.45) is 0 Å². The number of thiophene rings is 1. The van der Waals surface area contributed by atoms with Gasteiger partial charge in [0.1, 0.15) is 5.15 Å². The highest BCUT2D eigenvalue weighted by molar-refractivity contribution is 7.12. The Hall–Kier alpha value is -1.06. The van der Waals surface area contributed by atoms with Crippen molar-refractivity contribution >= 4 is 28.6 Å². The van der Waals surface area contributed by atoms with Crippen LogP contribution in [0, 0.1) is 6.92 Å². The number of anilines is 1. The van der Waals surface area contributed by atoms with E-state index in [4.69, 9.17) is 11.6 Å². The Balaban J connectivity index is 1.99. The van der Waals surface area contributed by atoms with E-state index in [1.165, 1.54) is 9.75 Å². The molecule has 1 N–H and O–H groups in total. The number of nitrogens with zero attached hydrogens (tertiary/aromatic N) is 1. The molecule has 4 heteroatoms. The number of nitrogens with one attached hydrogen (secondary N) is 1. The van der Waals surface area contributed by atoms with Crippen molar-refractivity contribution in [3.8, 4) is 0 Å². The molecule has 0 aromatic carbocycles. The lowest BCUT2D eigenvalue weighted by atomic mass is 10.3. The van der Waals surface area contributed by atoms with Crippen LogP contribution < -0.4 is 5.32 Å². The van der Waals surface area contributed by atoms with Gasteiger partial charge in [0.15, 0.2) is 0 Å². The highest BCUT2D eigenvalue weighted by atomic mass is 35.5. The standard InChI is InChI=1S/C13H15ClN2S/c1-3-11-4-5-12(17-11)8-15-10-6-9(2)13(14)16-7-10/h4-7,15H,3,8H2,1-2H3. The van der Waals surface area contributed by atoms with Crippen LogP contribution in [-0.2, 0) is 13.0 Å². The fourth-order valence-corrected chi connectivity index (χ4v) is 2.55. The summed E-state index contributed by atoms with van der Waals surface area (Å²) in [5.74, 6) is 0. The minimum atomic E-state index is 0.569. The van der Waals surface area contributed by atoms with Gasteiger partial charge in [-0.1, -0.05) is 18.5 Å². The Bertz CT molecular complexity index is 508. The number of aryl methyl sites for hydroxylation is 2. The van der Waals surface area contributed by atoms with E-state index in [9.17, 15) is 0 Å². The zero-order valence-electron chi connectivity index (χ0n) is 9.96. The fraction of sp³-hybridized carbons (Fsp3) is 0.308. The Morgan fingerprint density at radius 2 is 2.12 bits per heavy atom. The molecule has 2 nitrogen and oxygen atoms in total. The van der Waals surface area contributed by atoms with Gasteiger partial charge in [-0.2, -0.15) is 0 Å². The summed E-state index contributed by atoms with van der Waals surface area (Å²) in [7, 11) is 0. The van der Waals surface area contributed by atoms with Crippen LogP contribution in [0.25, 0.3) is 0 Å². The summed E-state index contributed by atoms with van der Waals surface area (Å²) < 4.78 is 0. The second kappa shape index (κ2) is 5.52. The third-order valence-electron chi connectivity index (χ3n) is 2.55. The fourth-order valence-electron chi connectivity index (χ4n) is 1.55. The molecule has 17 heavy (non-hydrogen) atoms. The van der Waals surface area contributed by atoms with Gasteiger partial charge in [0.05, 0.1) is 11.9 Å². The molecule has 0 aliphatic heterocycles. The lowest BCUT2D eigenvalue weighted by molar-refractivity contribution is 1.16. The van der Waals surface area contributed by atoms with Crippen LogP contribution in [0.3, 0.4) is 0 Å². The van der Waals surface area contributed by atoms with Gasteiger partial charge < -0.3 is 5.32 Å². The van der Waals surface area contributed by atoms with Gasteiger partial charge in [-0.25, -0.2) is 4.98 Å². The molecule has 0 radical (unpaired) electrons. The van der Waals surface area contributed by atoms with Crippen LogP contribution in [0.5, 0.6) is 0 Å². The predicted molar refractivity (Wildman–Crippen MR) is 75.0 cm³/mol. The van der Waals surface area contributed by atoms with Crippen molar-refractivity contribution in [3.63, 3.8) is 0 Å². The first kappa shape index (κ1) is 12.4. The van der Waals surface area contributed by atoms with Gasteiger partial charge in [0.2, 0.25) is 0 Å². The molecule has 0 aliphatic rings. The Labute approximate surface area is 111 Å². The van der Waals surface area contributed by atoms with Gasteiger partial charge in [-0.3, -0.25) is 0 Å². The summed E-state index contributed by atoms with van der Waals surface area (Å²) >= 11 is 7.73. The molecule has 0 atom stereocenters. The zero-order valence-corrected chi connectivity index (χ0v) is 11.5. The number of aromatic nitrogens is 1. The highest BCUT2D eigenvalue weighted by Crippen LogP contribution is 2.20. The first-order valence-electron chi connectivity index (χ1n) is 5.62. The smallest absolute Gasteiger partial charge is 0.132 e. The SMILES string of the molecule is CCc1ccc(CNc2cnc(Cl)c(C)c2)s1. The van der Waals surface area contributed by atoms with E-state index >= 15 is 0 Å². The van der Waals surface area contributed by atoms with E-state index in [1.807, 2.05) is 24.3 Å². The van der Waals surface area contributed by atoms with Crippen molar-refractivity contribution in [2.45, 2.75) is 26.8 Å². The van der Waals surface area contributed by atoms with Gasteiger partial charge in [0, 0.05) is 16.3 Å². The lowest BCUT2D eigenvalue weighted by Gasteiger charge is -2.05. The summed E-state index contributed by atoms with van der Waals surface area (Å²) in [6.07, 6.45) is 2.87. The number of halogens is 1. The largest absolute Gasteiger partial charge is 0.379 e. The quantitative estimate of drug-likeness (QED) is 0.836. The molecular weight excluding hydrogens is 252 g/mol. The summed E-state index contributed by atoms with van der Waals surface area (Å²) in [6, 6.07) is 6.38. The first-order valence-corrected chi connectivity index (χ1v) is 6.82. The van der Waals surface area contributed by atoms with Crippen LogP contribution >= 0.6 is 22.9 Å². The number of hydrogen-bond acceptors (Lipinski definition) is 3. The second-order valence-electron chi connectivity index (χ2n) is 3.91. The summed E-state index contributed by atoms with van der Waals surface area (Å²) in [4.78, 5) is 6.88. The molecule has 2 aromatic heterocycles. The molecule has 2 aromatic rings. The molecule has 2 rings (SSSR count). The van der Waals surface area contributed by atoms with E-state index in [1.54, 1.807) is 6.20 Å². The second-order valence-corrected chi connectivity index (χ2v) is 5.52. The highest BCUT2D eigenvalue weighted by Gasteiger charge is 2.01. The normalized spacial score (nSPS) is 10.5. The molecule has 90 valence electrons. The van der Waals surface area contributed by atoms with Gasteiger partial charge in [-0.05, 0) is 37.1 Å². The molecule has 0 spiro atoms. The minimum Gasteiger partial charge on any atom is -0.379 e. The molecule has 0 bridgehead atoms. The molecule has 0 saturated carbocycles. The van der Waals surface area contributed by atoms with Gasteiger partial charge in [0.25, 0.3) is 0 Å². The molecule has 0 fully saturated rings. The van der Waals surface area contributed by atoms with E-state index in [-0.39, 0.29) is 0 Å². The molecule has 0 amide bonds. The molecule has 2 heterocycles. The van der Waals surface area contributed by atoms with Crippen LogP contribution in [0.4, 0.5) is 5.69 Å². The molecular formula is C13H15ClN2S. The predicted octanol–water partition coefficient (Wildman–Crippen LogP) is 4.28. The molecule has 0 aliphatic carbocycles. The Kier molecular flexibility index (Phi) is 4.02. The summed E-state index contributed by atoms with van der Waals surface area (Å²) in [6.45, 7) is 4.98. The topological polar surface area (TPSA) is 24.9 Å². The van der Waals surface area contributed by atoms with Crippen LogP contribution in [0.15, 0.2) is 24.4 Å². The van der Waals surface area contributed by atoms with E-state index in [0.717, 1.165) is 24.2 Å². The number of hydrogen-bond donors (Lipinski definition) is 1. The summed E-state index contributed by atoms with van der Waals surface area (Å²) in [5, 5.41) is 3.93. The van der Waals surface area contributed by atoms with Crippen molar-refractivity contribution in [1.29, 1.82) is 0 Å². The minimum absolute atomic E-state index is 0.569. The maximum absolute atomic E-state index is 5.88. The third-order valence-corrected chi connectivity index (χ3v) is 4.17. The number of pyridine rings is 1. The maximum Gasteiger partial charge on any atom is 0.132 e. The molecule has 0 unspecified atom stereocenters. The van der Waals surface area contributed by atoms with Gasteiger partial charge >= 0.3 is 0 Å². The molecule has 0 saturated heterocycles. The number of rotatable bonds is 4. The van der Waals surface area contributed by atoms with E-state index < -0.39 is 0 Å². The average molecular weight is 267 g/mol. The van der Waals surface area contributed by atoms with Crippen molar-refractivity contribution in [2.75, 3.05) is 5.32 Å². The van der Waals surface area contributed by atoms with E-state index in [0.29, 0.717) is 5.15 Å². The van der Waals surface area contributed by atoms with Crippen LogP contribution in [0.2, 0.25) is 5.15 Å². The van der Waals surface area contributed by atoms with Crippen molar-refractivity contribution in [3.05, 3.63) is 44.9 Å². The van der Waals surface area contributed by atoms with Crippen LogP contribution in [-0.4, -0.2) is 4.98 Å². The van der Waals surface area contributed by atoms with Crippen molar-refractivity contribution in [1.82, 2.24) is 4.98 Å². The zero-order chi connectivity index (χ0) is 12.3. The van der Waals surface area contributed by atoms with Crippen LogP contribution in [0.1, 0.15) is 22.2 Å². The average Bonchev–Trinajstić information content (AvgIpc) is 2.79. The first-order chi connectivity index (χ1) is 8.19. The van der Waals surface area contributed by atoms with Crippen molar-refractivity contribution < 1.29 is 0 Å². The summed E-state index contributed by atoms with van der Waals surface area (Å²) in [5.41, 5.74) is 2.01. The monoisotopic (exact) mass is 266 g/mol.